The van der Waals surface area contributed by atoms with Crippen LogP contribution in [-0.2, 0) is 19.5 Å². The smallest absolute Gasteiger partial charge is 0.146 e. The molecule has 0 aliphatic heterocycles. The van der Waals surface area contributed by atoms with Gasteiger partial charge in [-0.3, -0.25) is 4.98 Å². The highest BCUT2D eigenvalue weighted by Crippen LogP contribution is 2.18. The first kappa shape index (κ1) is 18.3. The molecule has 0 spiro atoms. The van der Waals surface area contributed by atoms with E-state index in [1.54, 1.807) is 12.3 Å². The molecule has 4 rings (SSSR count). The standard InChI is InChI=1S/C23H23FN4/c1-17-6-4-7-18(14-17)15-25-13-11-23-27-20-9-2-3-10-22(20)28(23)16-21-19(24)8-5-12-26-21/h2-10,12,14,25H,11,13,15-16H2,1H3. The summed E-state index contributed by atoms with van der Waals surface area (Å²) in [6, 6.07) is 19.5. The number of para-hydroxylation sites is 2. The van der Waals surface area contributed by atoms with Crippen LogP contribution in [0.1, 0.15) is 22.6 Å². The van der Waals surface area contributed by atoms with E-state index in [0.29, 0.717) is 12.2 Å². The minimum absolute atomic E-state index is 0.288. The fourth-order valence-electron chi connectivity index (χ4n) is 3.43. The van der Waals surface area contributed by atoms with Gasteiger partial charge in [0.15, 0.2) is 0 Å². The van der Waals surface area contributed by atoms with E-state index >= 15 is 0 Å². The molecule has 5 heteroatoms. The maximum atomic E-state index is 14.1. The number of imidazole rings is 1. The third kappa shape index (κ3) is 4.10. The maximum Gasteiger partial charge on any atom is 0.146 e. The SMILES string of the molecule is Cc1cccc(CNCCc2nc3ccccc3n2Cc2ncccc2F)c1. The molecule has 4 nitrogen and oxygen atoms in total. The Morgan fingerprint density at radius 3 is 2.79 bits per heavy atom. The van der Waals surface area contributed by atoms with Crippen LogP contribution in [0.25, 0.3) is 11.0 Å². The van der Waals surface area contributed by atoms with E-state index < -0.39 is 0 Å². The molecule has 1 N–H and O–H groups in total. The van der Waals surface area contributed by atoms with E-state index in [9.17, 15) is 4.39 Å². The highest BCUT2D eigenvalue weighted by Gasteiger charge is 2.13. The molecule has 4 aromatic rings. The van der Waals surface area contributed by atoms with Crippen LogP contribution in [-0.4, -0.2) is 21.1 Å². The second-order valence-corrected chi connectivity index (χ2v) is 6.95. The summed E-state index contributed by atoms with van der Waals surface area (Å²) in [5, 5.41) is 3.48. The zero-order chi connectivity index (χ0) is 19.3. The molecule has 142 valence electrons. The fraction of sp³-hybridized carbons (Fsp3) is 0.217. The third-order valence-corrected chi connectivity index (χ3v) is 4.81. The Bertz CT molecular complexity index is 1090. The van der Waals surface area contributed by atoms with Crippen LogP contribution in [0, 0.1) is 12.7 Å². The van der Waals surface area contributed by atoms with Crippen LogP contribution < -0.4 is 5.32 Å². The molecule has 0 radical (unpaired) electrons. The van der Waals surface area contributed by atoms with Crippen LogP contribution >= 0.6 is 0 Å². The number of nitrogens with zero attached hydrogens (tertiary/aromatic N) is 3. The first-order valence-electron chi connectivity index (χ1n) is 9.50. The van der Waals surface area contributed by atoms with E-state index in [0.717, 1.165) is 36.4 Å². The average Bonchev–Trinajstić information content (AvgIpc) is 3.05. The summed E-state index contributed by atoms with van der Waals surface area (Å²) in [6.45, 7) is 4.09. The van der Waals surface area contributed by atoms with Gasteiger partial charge in [0.2, 0.25) is 0 Å². The van der Waals surface area contributed by atoms with Crippen molar-refractivity contribution in [2.75, 3.05) is 6.54 Å². The van der Waals surface area contributed by atoms with Crippen molar-refractivity contribution in [1.29, 1.82) is 0 Å². The van der Waals surface area contributed by atoms with E-state index in [-0.39, 0.29) is 5.82 Å². The van der Waals surface area contributed by atoms with Crippen molar-refractivity contribution < 1.29 is 4.39 Å². The lowest BCUT2D eigenvalue weighted by atomic mass is 10.1. The quantitative estimate of drug-likeness (QED) is 0.492. The van der Waals surface area contributed by atoms with E-state index in [1.165, 1.54) is 17.2 Å². The lowest BCUT2D eigenvalue weighted by Crippen LogP contribution is -2.19. The van der Waals surface area contributed by atoms with Gasteiger partial charge in [-0.2, -0.15) is 0 Å². The number of nitrogens with one attached hydrogen (secondary N) is 1. The summed E-state index contributed by atoms with van der Waals surface area (Å²) >= 11 is 0. The van der Waals surface area contributed by atoms with Gasteiger partial charge in [0.1, 0.15) is 11.6 Å². The number of rotatable bonds is 7. The highest BCUT2D eigenvalue weighted by atomic mass is 19.1. The predicted octanol–water partition coefficient (Wildman–Crippen LogP) is 4.26. The summed E-state index contributed by atoms with van der Waals surface area (Å²) in [4.78, 5) is 8.98. The van der Waals surface area contributed by atoms with Gasteiger partial charge in [-0.25, -0.2) is 9.37 Å². The molecule has 2 aromatic heterocycles. The Morgan fingerprint density at radius 1 is 1.04 bits per heavy atom. The zero-order valence-electron chi connectivity index (χ0n) is 15.9. The van der Waals surface area contributed by atoms with Crippen molar-refractivity contribution in [2.45, 2.75) is 26.4 Å². The van der Waals surface area contributed by atoms with Gasteiger partial charge >= 0.3 is 0 Å². The minimum atomic E-state index is -0.288. The van der Waals surface area contributed by atoms with Crippen molar-refractivity contribution in [3.05, 3.63) is 95.3 Å². The summed E-state index contributed by atoms with van der Waals surface area (Å²) in [6.07, 6.45) is 2.38. The molecule has 28 heavy (non-hydrogen) atoms. The topological polar surface area (TPSA) is 42.7 Å². The second-order valence-electron chi connectivity index (χ2n) is 6.95. The number of halogens is 1. The summed E-state index contributed by atoms with van der Waals surface area (Å²) in [5.41, 5.74) is 4.89. The molecule has 0 unspecified atom stereocenters. The predicted molar refractivity (Wildman–Crippen MR) is 110 cm³/mol. The Balaban J connectivity index is 1.51. The molecule has 0 amide bonds. The molecular weight excluding hydrogens is 351 g/mol. The van der Waals surface area contributed by atoms with Crippen molar-refractivity contribution in [3.63, 3.8) is 0 Å². The number of fused-ring (bicyclic) bond motifs is 1. The molecule has 0 aliphatic rings. The Morgan fingerprint density at radius 2 is 1.93 bits per heavy atom. The van der Waals surface area contributed by atoms with Crippen LogP contribution in [0.15, 0.2) is 66.9 Å². The van der Waals surface area contributed by atoms with Gasteiger partial charge in [0, 0.05) is 25.7 Å². The van der Waals surface area contributed by atoms with Gasteiger partial charge in [-0.1, -0.05) is 42.0 Å². The summed E-state index contributed by atoms with van der Waals surface area (Å²) < 4.78 is 16.2. The molecule has 0 aliphatic carbocycles. The largest absolute Gasteiger partial charge is 0.322 e. The maximum absolute atomic E-state index is 14.1. The summed E-state index contributed by atoms with van der Waals surface area (Å²) in [7, 11) is 0. The minimum Gasteiger partial charge on any atom is -0.322 e. The van der Waals surface area contributed by atoms with E-state index in [2.05, 4.69) is 46.1 Å². The van der Waals surface area contributed by atoms with Gasteiger partial charge in [-0.05, 0) is 36.8 Å². The number of hydrogen-bond acceptors (Lipinski definition) is 3. The lowest BCUT2D eigenvalue weighted by Gasteiger charge is -2.10. The number of pyridine rings is 1. The molecule has 2 aromatic carbocycles. The summed E-state index contributed by atoms with van der Waals surface area (Å²) in [5.74, 6) is 0.645. The van der Waals surface area contributed by atoms with Crippen LogP contribution in [0.3, 0.4) is 0 Å². The monoisotopic (exact) mass is 374 g/mol. The molecule has 0 fully saturated rings. The Labute approximate surface area is 164 Å². The second kappa shape index (κ2) is 8.31. The highest BCUT2D eigenvalue weighted by molar-refractivity contribution is 5.76. The fourth-order valence-corrected chi connectivity index (χ4v) is 3.43. The first-order chi connectivity index (χ1) is 13.7. The van der Waals surface area contributed by atoms with Crippen molar-refractivity contribution >= 4 is 11.0 Å². The van der Waals surface area contributed by atoms with Crippen LogP contribution in [0.4, 0.5) is 4.39 Å². The van der Waals surface area contributed by atoms with Gasteiger partial charge in [0.05, 0.1) is 23.3 Å². The van der Waals surface area contributed by atoms with Crippen molar-refractivity contribution in [2.24, 2.45) is 0 Å². The van der Waals surface area contributed by atoms with Gasteiger partial charge in [0.25, 0.3) is 0 Å². The van der Waals surface area contributed by atoms with Crippen molar-refractivity contribution in [1.82, 2.24) is 19.9 Å². The number of aryl methyl sites for hydroxylation is 1. The van der Waals surface area contributed by atoms with Gasteiger partial charge < -0.3 is 9.88 Å². The molecule has 0 saturated carbocycles. The molecule has 0 bridgehead atoms. The molecule has 2 heterocycles. The Hall–Kier alpha value is -3.05. The van der Waals surface area contributed by atoms with Crippen molar-refractivity contribution in [3.8, 4) is 0 Å². The first-order valence-corrected chi connectivity index (χ1v) is 9.50. The molecule has 0 atom stereocenters. The van der Waals surface area contributed by atoms with Crippen LogP contribution in [0.5, 0.6) is 0 Å². The number of benzene rings is 2. The van der Waals surface area contributed by atoms with Crippen LogP contribution in [0.2, 0.25) is 0 Å². The number of hydrogen-bond donors (Lipinski definition) is 1. The number of aromatic nitrogens is 3. The molecule has 0 saturated heterocycles. The Kier molecular flexibility index (Phi) is 5.44. The zero-order valence-corrected chi connectivity index (χ0v) is 15.9. The molecular formula is C23H23FN4. The third-order valence-electron chi connectivity index (χ3n) is 4.81. The van der Waals surface area contributed by atoms with E-state index in [4.69, 9.17) is 4.98 Å². The lowest BCUT2D eigenvalue weighted by molar-refractivity contribution is 0.580. The van der Waals surface area contributed by atoms with Gasteiger partial charge in [-0.15, -0.1) is 0 Å². The normalized spacial score (nSPS) is 11.2. The average molecular weight is 374 g/mol. The van der Waals surface area contributed by atoms with E-state index in [1.807, 2.05) is 24.3 Å².